The Morgan fingerprint density at radius 1 is 1.14 bits per heavy atom. The maximum absolute atomic E-state index is 14.2. The van der Waals surface area contributed by atoms with Crippen LogP contribution in [0.25, 0.3) is 0 Å². The fourth-order valence-electron chi connectivity index (χ4n) is 2.34. The second-order valence-electron chi connectivity index (χ2n) is 6.67. The van der Waals surface area contributed by atoms with E-state index < -0.39 is 54.6 Å². The summed E-state index contributed by atoms with van der Waals surface area (Å²) >= 11 is 5.73. The first-order chi connectivity index (χ1) is 13.2. The minimum absolute atomic E-state index is 0.304. The van der Waals surface area contributed by atoms with Gasteiger partial charge in [-0.2, -0.15) is 22.0 Å². The fraction of sp³-hybridized carbons (Fsp3) is 0.529. The Kier molecular flexibility index (Phi) is 8.36. The van der Waals surface area contributed by atoms with Gasteiger partial charge in [0.2, 0.25) is 5.91 Å². The summed E-state index contributed by atoms with van der Waals surface area (Å²) in [6.07, 6.45) is -7.70. The van der Waals surface area contributed by atoms with Crippen LogP contribution in [0.15, 0.2) is 24.3 Å². The largest absolute Gasteiger partial charge is 0.405 e. The summed E-state index contributed by atoms with van der Waals surface area (Å²) in [6, 6.07) is 2.82. The van der Waals surface area contributed by atoms with E-state index in [1.165, 1.54) is 38.1 Å². The van der Waals surface area contributed by atoms with Crippen molar-refractivity contribution in [3.05, 3.63) is 34.9 Å². The fourth-order valence-corrected chi connectivity index (χ4v) is 2.47. The molecule has 1 aromatic carbocycles. The van der Waals surface area contributed by atoms with E-state index in [-0.39, 0.29) is 0 Å². The van der Waals surface area contributed by atoms with Crippen LogP contribution >= 0.6 is 11.6 Å². The number of carbonyl (C=O) groups excluding carboxylic acids is 2. The van der Waals surface area contributed by atoms with Crippen LogP contribution in [-0.4, -0.2) is 47.7 Å². The third kappa shape index (κ3) is 7.09. The van der Waals surface area contributed by atoms with Crippen molar-refractivity contribution in [2.24, 2.45) is 11.7 Å². The van der Waals surface area contributed by atoms with Crippen molar-refractivity contribution in [3.63, 3.8) is 0 Å². The van der Waals surface area contributed by atoms with E-state index in [0.717, 1.165) is 5.32 Å². The second-order valence-corrected chi connectivity index (χ2v) is 7.11. The zero-order valence-electron chi connectivity index (χ0n) is 15.4. The summed E-state index contributed by atoms with van der Waals surface area (Å²) in [7, 11) is 0. The van der Waals surface area contributed by atoms with Crippen LogP contribution in [-0.2, 0) is 9.59 Å². The van der Waals surface area contributed by atoms with Crippen molar-refractivity contribution in [2.45, 2.75) is 44.1 Å². The molecule has 0 spiro atoms. The normalized spacial score (nSPS) is 15.6. The number of amides is 2. The molecule has 1 rings (SSSR count). The van der Waals surface area contributed by atoms with Crippen LogP contribution in [0.2, 0.25) is 5.02 Å². The van der Waals surface area contributed by atoms with Crippen LogP contribution < -0.4 is 16.4 Å². The number of nitrogens with one attached hydrogen (secondary N) is 2. The molecule has 0 saturated carbocycles. The number of alkyl halides is 5. The number of rotatable bonds is 8. The molecule has 0 aromatic heterocycles. The Bertz CT molecular complexity index is 713. The highest BCUT2D eigenvalue weighted by Crippen LogP contribution is 2.26. The molecule has 164 valence electrons. The molecule has 0 aliphatic heterocycles. The van der Waals surface area contributed by atoms with Crippen molar-refractivity contribution in [1.82, 2.24) is 10.6 Å². The van der Waals surface area contributed by atoms with Gasteiger partial charge >= 0.3 is 12.1 Å². The van der Waals surface area contributed by atoms with E-state index >= 15 is 0 Å². The quantitative estimate of drug-likeness (QED) is 0.460. The van der Waals surface area contributed by atoms with Crippen LogP contribution in [0.1, 0.15) is 25.5 Å². The highest BCUT2D eigenvalue weighted by Gasteiger charge is 2.51. The third-order valence-electron chi connectivity index (χ3n) is 4.00. The summed E-state index contributed by atoms with van der Waals surface area (Å²) in [5.74, 6) is -8.66. The minimum atomic E-state index is -4.91. The molecule has 0 bridgehead atoms. The lowest BCUT2D eigenvalue weighted by molar-refractivity contribution is -0.174. The van der Waals surface area contributed by atoms with E-state index in [1.54, 1.807) is 0 Å². The van der Waals surface area contributed by atoms with E-state index in [4.69, 9.17) is 17.3 Å². The van der Waals surface area contributed by atoms with E-state index in [9.17, 15) is 36.6 Å². The van der Waals surface area contributed by atoms with Crippen LogP contribution in [0.4, 0.5) is 22.0 Å². The molecule has 3 unspecified atom stereocenters. The average Bonchev–Trinajstić information content (AvgIpc) is 2.62. The predicted octanol–water partition coefficient (Wildman–Crippen LogP) is 2.16. The molecule has 0 heterocycles. The lowest BCUT2D eigenvalue weighted by atomic mass is 9.93. The minimum Gasteiger partial charge on any atom is -0.384 e. The van der Waals surface area contributed by atoms with Crippen LogP contribution in [0, 0.1) is 5.92 Å². The number of hydrogen-bond donors (Lipinski definition) is 4. The zero-order valence-corrected chi connectivity index (χ0v) is 16.2. The van der Waals surface area contributed by atoms with Gasteiger partial charge in [-0.15, -0.1) is 0 Å². The van der Waals surface area contributed by atoms with Gasteiger partial charge in [0.1, 0.15) is 18.7 Å². The molecular weight excluding hydrogens is 425 g/mol. The Morgan fingerprint density at radius 3 is 2.10 bits per heavy atom. The standard InChI is InChI=1S/C17H21ClF5N3O3/c1-8(2)12(13(27)17(22,23)15(29)25-7-16(19,20)21)26-14(28)11(24)9-3-5-10(18)6-4-9/h3-6,8,11-13,27H,7,24H2,1-2H3,(H,25,29)(H,26,28). The smallest absolute Gasteiger partial charge is 0.384 e. The molecule has 5 N–H and O–H groups in total. The van der Waals surface area contributed by atoms with Gasteiger partial charge in [0.15, 0.2) is 0 Å². The molecule has 0 fully saturated rings. The van der Waals surface area contributed by atoms with Crippen LogP contribution in [0.3, 0.4) is 0 Å². The van der Waals surface area contributed by atoms with E-state index in [1.807, 2.05) is 0 Å². The molecule has 29 heavy (non-hydrogen) atoms. The highest BCUT2D eigenvalue weighted by atomic mass is 35.5. The SMILES string of the molecule is CC(C)C(NC(=O)C(N)c1ccc(Cl)cc1)C(O)C(F)(F)C(=O)NCC(F)(F)F. The molecule has 1 aromatic rings. The van der Waals surface area contributed by atoms with Gasteiger partial charge in [0, 0.05) is 5.02 Å². The Balaban J connectivity index is 2.93. The summed E-state index contributed by atoms with van der Waals surface area (Å²) in [4.78, 5) is 23.8. The molecule has 6 nitrogen and oxygen atoms in total. The van der Waals surface area contributed by atoms with Crippen LogP contribution in [0.5, 0.6) is 0 Å². The molecular formula is C17H21ClF5N3O3. The van der Waals surface area contributed by atoms with Gasteiger partial charge in [0.25, 0.3) is 5.91 Å². The van der Waals surface area contributed by atoms with Crippen molar-refractivity contribution in [3.8, 4) is 0 Å². The lowest BCUT2D eigenvalue weighted by Gasteiger charge is -2.32. The topological polar surface area (TPSA) is 104 Å². The predicted molar refractivity (Wildman–Crippen MR) is 95.2 cm³/mol. The maximum atomic E-state index is 14.2. The van der Waals surface area contributed by atoms with E-state index in [0.29, 0.717) is 10.6 Å². The van der Waals surface area contributed by atoms with Crippen molar-refractivity contribution < 1.29 is 36.6 Å². The monoisotopic (exact) mass is 445 g/mol. The maximum Gasteiger partial charge on any atom is 0.405 e. The zero-order chi connectivity index (χ0) is 22.6. The number of nitrogens with two attached hydrogens (primary N) is 1. The van der Waals surface area contributed by atoms with Gasteiger partial charge in [0.05, 0.1) is 6.04 Å². The number of aliphatic hydroxyl groups excluding tert-OH is 1. The number of benzene rings is 1. The van der Waals surface area contributed by atoms with Gasteiger partial charge < -0.3 is 21.5 Å². The Hall–Kier alpha value is -1.98. The molecule has 3 atom stereocenters. The van der Waals surface area contributed by atoms with Crippen molar-refractivity contribution in [2.75, 3.05) is 6.54 Å². The summed E-state index contributed by atoms with van der Waals surface area (Å²) in [6.45, 7) is 0.742. The van der Waals surface area contributed by atoms with Crippen molar-refractivity contribution >= 4 is 23.4 Å². The number of hydrogen-bond acceptors (Lipinski definition) is 4. The first-order valence-corrected chi connectivity index (χ1v) is 8.77. The highest BCUT2D eigenvalue weighted by molar-refractivity contribution is 6.30. The first-order valence-electron chi connectivity index (χ1n) is 8.39. The second kappa shape index (κ2) is 9.68. The van der Waals surface area contributed by atoms with Crippen molar-refractivity contribution in [1.29, 1.82) is 0 Å². The summed E-state index contributed by atoms with van der Waals surface area (Å²) in [5.41, 5.74) is 6.08. The Labute approximate surface area is 168 Å². The van der Waals surface area contributed by atoms with Gasteiger partial charge in [-0.25, -0.2) is 0 Å². The summed E-state index contributed by atoms with van der Waals surface area (Å²) in [5, 5.41) is 13.5. The lowest BCUT2D eigenvalue weighted by Crippen LogP contribution is -2.60. The first kappa shape index (κ1) is 25.1. The number of carbonyl (C=O) groups is 2. The molecule has 0 aliphatic rings. The van der Waals surface area contributed by atoms with Gasteiger partial charge in [-0.3, -0.25) is 9.59 Å². The molecule has 12 heteroatoms. The molecule has 2 amide bonds. The summed E-state index contributed by atoms with van der Waals surface area (Å²) < 4.78 is 64.8. The average molecular weight is 446 g/mol. The molecule has 0 aliphatic carbocycles. The molecule has 0 radical (unpaired) electrons. The molecule has 0 saturated heterocycles. The third-order valence-corrected chi connectivity index (χ3v) is 4.25. The number of aliphatic hydroxyl groups is 1. The van der Waals surface area contributed by atoms with E-state index in [2.05, 4.69) is 5.32 Å². The van der Waals surface area contributed by atoms with Gasteiger partial charge in [-0.1, -0.05) is 37.6 Å². The number of halogens is 6. The Morgan fingerprint density at radius 2 is 1.66 bits per heavy atom. The van der Waals surface area contributed by atoms with Gasteiger partial charge in [-0.05, 0) is 23.6 Å².